The molecule has 0 saturated carbocycles. The van der Waals surface area contributed by atoms with E-state index in [-0.39, 0.29) is 12.1 Å². The predicted octanol–water partition coefficient (Wildman–Crippen LogP) is 1.63. The Morgan fingerprint density at radius 1 is 1.12 bits per heavy atom. The summed E-state index contributed by atoms with van der Waals surface area (Å²) < 4.78 is 7.79. The molecule has 3 aromatic heterocycles. The molecule has 0 amide bonds. The number of aryl methyl sites for hydroxylation is 2. The Morgan fingerprint density at radius 2 is 1.92 bits per heavy atom. The largest absolute Gasteiger partial charge is 0.292 e. The minimum Gasteiger partial charge on any atom is -0.292 e. The van der Waals surface area contributed by atoms with Crippen LogP contribution in [0.25, 0.3) is 16.7 Å². The quantitative estimate of drug-likeness (QED) is 0.569. The van der Waals surface area contributed by atoms with Gasteiger partial charge in [0.15, 0.2) is 5.65 Å². The van der Waals surface area contributed by atoms with Crippen LogP contribution in [0.3, 0.4) is 0 Å². The van der Waals surface area contributed by atoms with Gasteiger partial charge in [-0.1, -0.05) is 28.0 Å². The van der Waals surface area contributed by atoms with E-state index >= 15 is 0 Å². The molecule has 0 unspecified atom stereocenters. The number of hydrogen-bond donors (Lipinski definition) is 0. The van der Waals surface area contributed by atoms with Gasteiger partial charge in [-0.2, -0.15) is 5.10 Å². The second-order valence-corrected chi connectivity index (χ2v) is 5.60. The molecule has 4 aromatic rings. The fourth-order valence-electron chi connectivity index (χ4n) is 2.49. The summed E-state index contributed by atoms with van der Waals surface area (Å²) in [5.41, 5.74) is 3.61. The van der Waals surface area contributed by atoms with E-state index in [0.717, 1.165) is 11.3 Å². The molecule has 0 aliphatic carbocycles. The van der Waals surface area contributed by atoms with Crippen LogP contribution in [0.2, 0.25) is 0 Å². The molecular weight excluding hydrogens is 308 g/mol. The smallest absolute Gasteiger partial charge is 0.264 e. The standard InChI is InChI=1S/C16H14N6O2/c1-10-3-5-12(6-4-10)22-15-13(7-18-22)16(23)21(9-17-15)8-14-11(2)19-24-20-14/h3-7,9H,8H2,1-2H3. The van der Waals surface area contributed by atoms with E-state index in [2.05, 4.69) is 25.0 Å². The van der Waals surface area contributed by atoms with Crippen LogP contribution in [0.1, 0.15) is 17.0 Å². The summed E-state index contributed by atoms with van der Waals surface area (Å²) in [6, 6.07) is 7.87. The molecule has 8 nitrogen and oxygen atoms in total. The minimum absolute atomic E-state index is 0.180. The summed E-state index contributed by atoms with van der Waals surface area (Å²) in [5.74, 6) is 0. The third kappa shape index (κ3) is 2.28. The molecule has 0 saturated heterocycles. The molecule has 0 radical (unpaired) electrons. The zero-order valence-electron chi connectivity index (χ0n) is 13.2. The maximum Gasteiger partial charge on any atom is 0.264 e. The molecule has 4 rings (SSSR count). The van der Waals surface area contributed by atoms with Crippen molar-refractivity contribution in [2.75, 3.05) is 0 Å². The van der Waals surface area contributed by atoms with Gasteiger partial charge in [0.2, 0.25) is 0 Å². The maximum atomic E-state index is 12.7. The first kappa shape index (κ1) is 14.3. The Bertz CT molecular complexity index is 1070. The Hall–Kier alpha value is -3.29. The lowest BCUT2D eigenvalue weighted by atomic mass is 10.2. The van der Waals surface area contributed by atoms with Crippen molar-refractivity contribution in [3.05, 3.63) is 64.1 Å². The van der Waals surface area contributed by atoms with Gasteiger partial charge in [0, 0.05) is 0 Å². The Balaban J connectivity index is 1.79. The van der Waals surface area contributed by atoms with Gasteiger partial charge in [-0.25, -0.2) is 14.3 Å². The molecule has 0 bridgehead atoms. The van der Waals surface area contributed by atoms with Crippen LogP contribution in [0.4, 0.5) is 0 Å². The van der Waals surface area contributed by atoms with E-state index < -0.39 is 0 Å². The van der Waals surface area contributed by atoms with Crippen molar-refractivity contribution < 1.29 is 4.63 Å². The van der Waals surface area contributed by atoms with Crippen molar-refractivity contribution in [2.45, 2.75) is 20.4 Å². The number of nitrogens with zero attached hydrogens (tertiary/aromatic N) is 6. The van der Waals surface area contributed by atoms with Gasteiger partial charge in [0.1, 0.15) is 23.1 Å². The summed E-state index contributed by atoms with van der Waals surface area (Å²) in [6.45, 7) is 4.05. The summed E-state index contributed by atoms with van der Waals surface area (Å²) in [5, 5.41) is 12.3. The van der Waals surface area contributed by atoms with Gasteiger partial charge >= 0.3 is 0 Å². The minimum atomic E-state index is -0.180. The van der Waals surface area contributed by atoms with Crippen LogP contribution in [-0.4, -0.2) is 29.6 Å². The van der Waals surface area contributed by atoms with Gasteiger partial charge in [0.25, 0.3) is 5.56 Å². The van der Waals surface area contributed by atoms with E-state index in [1.807, 2.05) is 31.2 Å². The highest BCUT2D eigenvalue weighted by Crippen LogP contribution is 2.14. The number of benzene rings is 1. The first-order chi connectivity index (χ1) is 11.6. The first-order valence-corrected chi connectivity index (χ1v) is 7.42. The SMILES string of the molecule is Cc1ccc(-n2ncc3c(=O)n(Cc4nonc4C)cnc32)cc1. The molecule has 0 spiro atoms. The molecule has 3 heterocycles. The van der Waals surface area contributed by atoms with Gasteiger partial charge in [-0.15, -0.1) is 0 Å². The van der Waals surface area contributed by atoms with Crippen molar-refractivity contribution >= 4 is 11.0 Å². The second kappa shape index (κ2) is 5.41. The molecular formula is C16H14N6O2. The molecule has 1 aromatic carbocycles. The van der Waals surface area contributed by atoms with Crippen molar-refractivity contribution in [2.24, 2.45) is 0 Å². The second-order valence-electron chi connectivity index (χ2n) is 5.60. The number of fused-ring (bicyclic) bond motifs is 1. The van der Waals surface area contributed by atoms with Crippen molar-refractivity contribution in [1.82, 2.24) is 29.6 Å². The molecule has 0 aliphatic rings. The summed E-state index contributed by atoms with van der Waals surface area (Å²) in [7, 11) is 0. The predicted molar refractivity (Wildman–Crippen MR) is 86.0 cm³/mol. The van der Waals surface area contributed by atoms with Gasteiger partial charge in [0.05, 0.1) is 18.4 Å². The monoisotopic (exact) mass is 322 g/mol. The molecule has 8 heteroatoms. The van der Waals surface area contributed by atoms with E-state index in [1.165, 1.54) is 17.1 Å². The summed E-state index contributed by atoms with van der Waals surface area (Å²) in [6.07, 6.45) is 3.03. The summed E-state index contributed by atoms with van der Waals surface area (Å²) >= 11 is 0. The average molecular weight is 322 g/mol. The molecule has 0 fully saturated rings. The lowest BCUT2D eigenvalue weighted by Crippen LogP contribution is -2.21. The summed E-state index contributed by atoms with van der Waals surface area (Å²) in [4.78, 5) is 17.1. The number of hydrogen-bond acceptors (Lipinski definition) is 6. The Labute approximate surface area is 136 Å². The highest BCUT2D eigenvalue weighted by Gasteiger charge is 2.13. The highest BCUT2D eigenvalue weighted by atomic mass is 16.6. The number of aromatic nitrogens is 6. The van der Waals surface area contributed by atoms with Crippen LogP contribution in [0, 0.1) is 13.8 Å². The van der Waals surface area contributed by atoms with Crippen LogP contribution in [0.5, 0.6) is 0 Å². The van der Waals surface area contributed by atoms with Crippen LogP contribution >= 0.6 is 0 Å². The highest BCUT2D eigenvalue weighted by molar-refractivity contribution is 5.74. The average Bonchev–Trinajstić information content (AvgIpc) is 3.18. The van der Waals surface area contributed by atoms with E-state index in [9.17, 15) is 4.79 Å². The first-order valence-electron chi connectivity index (χ1n) is 7.42. The molecule has 0 aliphatic heterocycles. The molecule has 0 atom stereocenters. The van der Waals surface area contributed by atoms with Gasteiger partial charge < -0.3 is 0 Å². The maximum absolute atomic E-state index is 12.7. The zero-order valence-corrected chi connectivity index (χ0v) is 13.2. The van der Waals surface area contributed by atoms with E-state index in [0.29, 0.717) is 22.4 Å². The van der Waals surface area contributed by atoms with E-state index in [4.69, 9.17) is 0 Å². The lowest BCUT2D eigenvalue weighted by Gasteiger charge is -2.05. The van der Waals surface area contributed by atoms with Gasteiger partial charge in [-0.3, -0.25) is 9.36 Å². The number of rotatable bonds is 3. The molecule has 120 valence electrons. The Kier molecular flexibility index (Phi) is 3.23. The molecule has 24 heavy (non-hydrogen) atoms. The van der Waals surface area contributed by atoms with Crippen molar-refractivity contribution in [3.63, 3.8) is 0 Å². The fourth-order valence-corrected chi connectivity index (χ4v) is 2.49. The third-order valence-corrected chi connectivity index (χ3v) is 3.90. The van der Waals surface area contributed by atoms with Crippen molar-refractivity contribution in [1.29, 1.82) is 0 Å². The van der Waals surface area contributed by atoms with E-state index in [1.54, 1.807) is 11.6 Å². The van der Waals surface area contributed by atoms with Crippen LogP contribution in [-0.2, 0) is 6.54 Å². The molecule has 0 N–H and O–H groups in total. The van der Waals surface area contributed by atoms with Crippen LogP contribution < -0.4 is 5.56 Å². The van der Waals surface area contributed by atoms with Crippen LogP contribution in [0.15, 0.2) is 46.2 Å². The topological polar surface area (TPSA) is 91.6 Å². The third-order valence-electron chi connectivity index (χ3n) is 3.90. The van der Waals surface area contributed by atoms with Crippen molar-refractivity contribution in [3.8, 4) is 5.69 Å². The Morgan fingerprint density at radius 3 is 2.62 bits per heavy atom. The fraction of sp³-hybridized carbons (Fsp3) is 0.188. The lowest BCUT2D eigenvalue weighted by molar-refractivity contribution is 0.300. The normalized spacial score (nSPS) is 11.2. The zero-order chi connectivity index (χ0) is 16.7. The van der Waals surface area contributed by atoms with Gasteiger partial charge in [-0.05, 0) is 26.0 Å².